The Morgan fingerprint density at radius 2 is 1.89 bits per heavy atom. The van der Waals surface area contributed by atoms with Gasteiger partial charge in [-0.3, -0.25) is 0 Å². The monoisotopic (exact) mass is 259 g/mol. The van der Waals surface area contributed by atoms with Crippen molar-refractivity contribution in [3.05, 3.63) is 12.7 Å². The van der Waals surface area contributed by atoms with Crippen molar-refractivity contribution >= 4 is 12.1 Å². The number of carbonyl (C=O) groups excluding carboxylic acids is 2. The Balaban J connectivity index is 3.73. The predicted molar refractivity (Wildman–Crippen MR) is 67.3 cm³/mol. The topological polar surface area (TPSA) is 88.7 Å². The molecule has 0 aromatic carbocycles. The van der Waals surface area contributed by atoms with Crippen LogP contribution in [0.25, 0.3) is 0 Å². The third-order valence-corrected chi connectivity index (χ3v) is 1.92. The van der Waals surface area contributed by atoms with E-state index < -0.39 is 12.1 Å². The highest BCUT2D eigenvalue weighted by molar-refractivity contribution is 5.81. The van der Waals surface area contributed by atoms with Gasteiger partial charge in [0, 0.05) is 19.2 Å². The highest BCUT2D eigenvalue weighted by atomic mass is 16.6. The lowest BCUT2D eigenvalue weighted by molar-refractivity contribution is -0.137. The van der Waals surface area contributed by atoms with Gasteiger partial charge < -0.3 is 25.4 Å². The number of carbonyl (C=O) groups is 2. The van der Waals surface area contributed by atoms with Crippen LogP contribution < -0.4 is 16.0 Å². The van der Waals surface area contributed by atoms with E-state index in [1.54, 1.807) is 14.1 Å². The van der Waals surface area contributed by atoms with Crippen LogP contribution in [0.15, 0.2) is 12.7 Å². The van der Waals surface area contributed by atoms with Gasteiger partial charge in [-0.15, -0.1) is 0 Å². The summed E-state index contributed by atoms with van der Waals surface area (Å²) in [6, 6.07) is 0. The molecule has 0 atom stereocenters. The fraction of sp³-hybridized carbons (Fsp3) is 0.636. The van der Waals surface area contributed by atoms with E-state index in [2.05, 4.69) is 27.3 Å². The van der Waals surface area contributed by atoms with Crippen molar-refractivity contribution in [1.82, 2.24) is 16.0 Å². The van der Waals surface area contributed by atoms with Crippen molar-refractivity contribution in [2.45, 2.75) is 6.10 Å². The van der Waals surface area contributed by atoms with Gasteiger partial charge in [-0.1, -0.05) is 6.58 Å². The zero-order chi connectivity index (χ0) is 13.8. The zero-order valence-electron chi connectivity index (χ0n) is 10.8. The molecule has 104 valence electrons. The van der Waals surface area contributed by atoms with E-state index in [1.807, 2.05) is 0 Å². The minimum atomic E-state index is -0.542. The van der Waals surface area contributed by atoms with E-state index >= 15 is 0 Å². The van der Waals surface area contributed by atoms with Crippen LogP contribution >= 0.6 is 0 Å². The van der Waals surface area contributed by atoms with Gasteiger partial charge in [-0.25, -0.2) is 9.59 Å². The van der Waals surface area contributed by atoms with Crippen molar-refractivity contribution in [2.24, 2.45) is 0 Å². The molecule has 0 unspecified atom stereocenters. The molecule has 0 saturated heterocycles. The minimum Gasteiger partial charge on any atom is -0.461 e. The summed E-state index contributed by atoms with van der Waals surface area (Å²) in [6.07, 6.45) is 0.268. The van der Waals surface area contributed by atoms with Gasteiger partial charge in [-0.2, -0.15) is 0 Å². The number of likely N-dealkylation sites (N-methyl/N-ethyl adjacent to an activating group) is 2. The molecular formula is C11H21N3O4. The van der Waals surface area contributed by atoms with E-state index in [-0.39, 0.29) is 19.3 Å². The van der Waals surface area contributed by atoms with Crippen molar-refractivity contribution in [3.63, 3.8) is 0 Å². The van der Waals surface area contributed by atoms with Crippen LogP contribution in [0.4, 0.5) is 4.79 Å². The fourth-order valence-corrected chi connectivity index (χ4v) is 1.17. The Bertz CT molecular complexity index is 265. The molecule has 0 aliphatic heterocycles. The molecule has 18 heavy (non-hydrogen) atoms. The Morgan fingerprint density at radius 3 is 2.39 bits per heavy atom. The molecule has 3 N–H and O–H groups in total. The Morgan fingerprint density at radius 1 is 1.28 bits per heavy atom. The lowest BCUT2D eigenvalue weighted by Crippen LogP contribution is -2.40. The molecule has 0 aliphatic carbocycles. The number of nitrogens with one attached hydrogen (secondary N) is 3. The molecule has 0 aliphatic rings. The van der Waals surface area contributed by atoms with Crippen molar-refractivity contribution in [3.8, 4) is 0 Å². The van der Waals surface area contributed by atoms with E-state index in [0.29, 0.717) is 13.1 Å². The summed E-state index contributed by atoms with van der Waals surface area (Å²) in [6.45, 7) is 4.65. The molecule has 0 heterocycles. The quantitative estimate of drug-likeness (QED) is 0.287. The highest BCUT2D eigenvalue weighted by Gasteiger charge is 2.12. The maximum Gasteiger partial charge on any atom is 0.407 e. The largest absolute Gasteiger partial charge is 0.461 e. The lowest BCUT2D eigenvalue weighted by atomic mass is 10.3. The maximum atomic E-state index is 11.4. The van der Waals surface area contributed by atoms with Gasteiger partial charge >= 0.3 is 12.1 Å². The fourth-order valence-electron chi connectivity index (χ4n) is 1.17. The molecule has 0 radical (unpaired) electrons. The summed E-state index contributed by atoms with van der Waals surface area (Å²) in [4.78, 5) is 22.1. The number of alkyl carbamates (subject to hydrolysis) is 1. The first-order valence-electron chi connectivity index (χ1n) is 5.66. The first kappa shape index (κ1) is 16.4. The van der Waals surface area contributed by atoms with Crippen LogP contribution in [0, 0.1) is 0 Å². The number of ether oxygens (including phenoxy) is 2. The second kappa shape index (κ2) is 10.5. The first-order valence-corrected chi connectivity index (χ1v) is 5.66. The van der Waals surface area contributed by atoms with E-state index in [0.717, 1.165) is 6.08 Å². The molecule has 0 rings (SSSR count). The minimum absolute atomic E-state index is 0.0860. The van der Waals surface area contributed by atoms with E-state index in [1.165, 1.54) is 0 Å². The molecule has 0 saturated carbocycles. The predicted octanol–water partition coefficient (Wildman–Crippen LogP) is -0.751. The van der Waals surface area contributed by atoms with Gasteiger partial charge in [0.1, 0.15) is 12.7 Å². The zero-order valence-corrected chi connectivity index (χ0v) is 10.8. The van der Waals surface area contributed by atoms with Gasteiger partial charge in [-0.05, 0) is 14.1 Å². The average Bonchev–Trinajstić information content (AvgIpc) is 2.35. The lowest BCUT2D eigenvalue weighted by Gasteiger charge is -2.17. The molecule has 7 nitrogen and oxygen atoms in total. The molecule has 1 amide bonds. The molecule has 0 spiro atoms. The van der Waals surface area contributed by atoms with Crippen LogP contribution in [-0.4, -0.2) is 58.5 Å². The molecular weight excluding hydrogens is 238 g/mol. The third-order valence-electron chi connectivity index (χ3n) is 1.92. The van der Waals surface area contributed by atoms with Crippen LogP contribution in [0.2, 0.25) is 0 Å². The van der Waals surface area contributed by atoms with Gasteiger partial charge in [0.25, 0.3) is 0 Å². The summed E-state index contributed by atoms with van der Waals surface area (Å²) >= 11 is 0. The molecule has 0 fully saturated rings. The van der Waals surface area contributed by atoms with Crippen molar-refractivity contribution in [1.29, 1.82) is 0 Å². The SMILES string of the molecule is C=CC(=O)OCCNC(=O)OC(CNC)CNC. The van der Waals surface area contributed by atoms with E-state index in [9.17, 15) is 9.59 Å². The highest BCUT2D eigenvalue weighted by Crippen LogP contribution is 1.90. The first-order chi connectivity index (χ1) is 8.63. The summed E-state index contributed by atoms with van der Waals surface area (Å²) in [7, 11) is 3.55. The van der Waals surface area contributed by atoms with Crippen molar-refractivity contribution < 1.29 is 19.1 Å². The number of rotatable bonds is 9. The van der Waals surface area contributed by atoms with Gasteiger partial charge in [0.15, 0.2) is 0 Å². The van der Waals surface area contributed by atoms with Crippen LogP contribution in [0.5, 0.6) is 0 Å². The molecule has 7 heteroatoms. The molecule has 0 aromatic rings. The standard InChI is InChI=1S/C11H21N3O4/c1-4-10(15)17-6-5-14-11(16)18-9(7-12-2)8-13-3/h4,9,12-13H,1,5-8H2,2-3H3,(H,14,16). The third kappa shape index (κ3) is 8.54. The van der Waals surface area contributed by atoms with Gasteiger partial charge in [0.2, 0.25) is 0 Å². The Hall–Kier alpha value is -1.60. The van der Waals surface area contributed by atoms with Crippen LogP contribution in [0.3, 0.4) is 0 Å². The Labute approximate surface area is 107 Å². The second-order valence-corrected chi connectivity index (χ2v) is 3.44. The van der Waals surface area contributed by atoms with E-state index in [4.69, 9.17) is 4.74 Å². The molecule has 0 aromatic heterocycles. The second-order valence-electron chi connectivity index (χ2n) is 3.44. The van der Waals surface area contributed by atoms with Crippen LogP contribution in [-0.2, 0) is 14.3 Å². The van der Waals surface area contributed by atoms with Crippen molar-refractivity contribution in [2.75, 3.05) is 40.3 Å². The summed E-state index contributed by atoms with van der Waals surface area (Å²) < 4.78 is 9.82. The number of amides is 1. The van der Waals surface area contributed by atoms with Gasteiger partial charge in [0.05, 0.1) is 6.54 Å². The smallest absolute Gasteiger partial charge is 0.407 e. The number of hydrogen-bond donors (Lipinski definition) is 3. The summed E-state index contributed by atoms with van der Waals surface area (Å²) in [5.74, 6) is -0.520. The number of esters is 1. The summed E-state index contributed by atoms with van der Waals surface area (Å²) in [5.41, 5.74) is 0. The number of hydrogen-bond acceptors (Lipinski definition) is 6. The normalized spacial score (nSPS) is 9.94. The maximum absolute atomic E-state index is 11.4. The Kier molecular flexibility index (Phi) is 9.61. The summed E-state index contributed by atoms with van der Waals surface area (Å²) in [5, 5.41) is 8.33. The molecule has 0 bridgehead atoms. The van der Waals surface area contributed by atoms with Crippen LogP contribution in [0.1, 0.15) is 0 Å². The average molecular weight is 259 g/mol.